The Kier molecular flexibility index (Phi) is 6.17. The van der Waals surface area contributed by atoms with Gasteiger partial charge in [-0.15, -0.1) is 0 Å². The quantitative estimate of drug-likeness (QED) is 0.743. The number of benzene rings is 1. The Hall–Kier alpha value is -1.24. The second-order valence-corrected chi connectivity index (χ2v) is 5.61. The van der Waals surface area contributed by atoms with E-state index in [-0.39, 0.29) is 0 Å². The van der Waals surface area contributed by atoms with Gasteiger partial charge in [0.15, 0.2) is 0 Å². The van der Waals surface area contributed by atoms with Crippen LogP contribution in [0.1, 0.15) is 37.7 Å². The molecule has 1 aromatic carbocycles. The van der Waals surface area contributed by atoms with Gasteiger partial charge in [0.1, 0.15) is 5.75 Å². The average molecular weight is 293 g/mol. The van der Waals surface area contributed by atoms with E-state index < -0.39 is 0 Å². The zero-order chi connectivity index (χ0) is 14.2. The highest BCUT2D eigenvalue weighted by Gasteiger charge is 2.12. The van der Waals surface area contributed by atoms with Gasteiger partial charge in [-0.2, -0.15) is 5.26 Å². The molecule has 2 rings (SSSR count). The molecule has 1 fully saturated rings. The first-order valence-corrected chi connectivity index (χ1v) is 7.68. The fourth-order valence-electron chi connectivity index (χ4n) is 2.46. The normalized spacial score (nSPS) is 15.8. The maximum Gasteiger partial charge on any atom is 0.119 e. The minimum Gasteiger partial charge on any atom is -0.494 e. The Bertz CT molecular complexity index is 464. The van der Waals surface area contributed by atoms with Crippen molar-refractivity contribution in [3.63, 3.8) is 0 Å². The van der Waals surface area contributed by atoms with E-state index >= 15 is 0 Å². The summed E-state index contributed by atoms with van der Waals surface area (Å²) >= 11 is 6.27. The average Bonchev–Trinajstić information content (AvgIpc) is 2.48. The molecule has 0 saturated carbocycles. The number of likely N-dealkylation sites (tertiary alicyclic amines) is 1. The number of piperidine rings is 1. The van der Waals surface area contributed by atoms with Gasteiger partial charge < -0.3 is 4.74 Å². The summed E-state index contributed by atoms with van der Waals surface area (Å²) in [5, 5.41) is 9.30. The van der Waals surface area contributed by atoms with Crippen LogP contribution in [0.3, 0.4) is 0 Å². The molecule has 4 heteroatoms. The van der Waals surface area contributed by atoms with Crippen molar-refractivity contribution in [1.29, 1.82) is 5.26 Å². The van der Waals surface area contributed by atoms with Crippen molar-refractivity contribution in [1.82, 2.24) is 4.90 Å². The molecule has 0 radical (unpaired) electrons. The molecule has 0 N–H and O–H groups in total. The Balaban J connectivity index is 1.91. The Labute approximate surface area is 126 Å². The molecule has 1 aromatic rings. The van der Waals surface area contributed by atoms with Gasteiger partial charge in [0.05, 0.1) is 12.7 Å². The third kappa shape index (κ3) is 4.70. The van der Waals surface area contributed by atoms with Crippen LogP contribution in [0.25, 0.3) is 0 Å². The van der Waals surface area contributed by atoms with Gasteiger partial charge in [-0.05, 0) is 56.1 Å². The number of unbranched alkanes of at least 4 members (excludes halogenated alkanes) is 1. The van der Waals surface area contributed by atoms with Crippen molar-refractivity contribution in [3.8, 4) is 11.8 Å². The van der Waals surface area contributed by atoms with Crippen LogP contribution in [0.2, 0.25) is 5.02 Å². The van der Waals surface area contributed by atoms with E-state index in [4.69, 9.17) is 21.6 Å². The van der Waals surface area contributed by atoms with E-state index in [0.717, 1.165) is 42.4 Å². The highest BCUT2D eigenvalue weighted by atomic mass is 35.5. The number of hydrogen-bond acceptors (Lipinski definition) is 3. The van der Waals surface area contributed by atoms with Crippen LogP contribution >= 0.6 is 11.6 Å². The number of nitriles is 1. The zero-order valence-corrected chi connectivity index (χ0v) is 12.5. The molecule has 0 aliphatic carbocycles. The first kappa shape index (κ1) is 15.2. The van der Waals surface area contributed by atoms with E-state index in [1.54, 1.807) is 0 Å². The Morgan fingerprint density at radius 1 is 1.25 bits per heavy atom. The third-order valence-corrected chi connectivity index (χ3v) is 3.93. The van der Waals surface area contributed by atoms with E-state index in [1.165, 1.54) is 19.3 Å². The molecular formula is C16H21ClN2O. The van der Waals surface area contributed by atoms with Gasteiger partial charge in [-0.3, -0.25) is 4.90 Å². The molecule has 1 saturated heterocycles. The topological polar surface area (TPSA) is 36.3 Å². The van der Waals surface area contributed by atoms with E-state index in [1.807, 2.05) is 18.2 Å². The number of ether oxygens (including phenoxy) is 1. The maximum absolute atomic E-state index is 8.50. The SMILES string of the molecule is N#CCCCOc1ccc(Cl)c(CN2CCCCC2)c1. The number of halogens is 1. The lowest BCUT2D eigenvalue weighted by Gasteiger charge is -2.26. The van der Waals surface area contributed by atoms with Crippen molar-refractivity contribution >= 4 is 11.6 Å². The number of hydrogen-bond donors (Lipinski definition) is 0. The lowest BCUT2D eigenvalue weighted by Crippen LogP contribution is -2.29. The lowest BCUT2D eigenvalue weighted by molar-refractivity contribution is 0.220. The highest BCUT2D eigenvalue weighted by Crippen LogP contribution is 2.24. The molecule has 108 valence electrons. The Morgan fingerprint density at radius 2 is 2.05 bits per heavy atom. The van der Waals surface area contributed by atoms with Crippen LogP contribution in [-0.4, -0.2) is 24.6 Å². The minimum atomic E-state index is 0.536. The molecular weight excluding hydrogens is 272 g/mol. The predicted molar refractivity (Wildman–Crippen MR) is 80.9 cm³/mol. The van der Waals surface area contributed by atoms with Gasteiger partial charge in [0, 0.05) is 18.0 Å². The summed E-state index contributed by atoms with van der Waals surface area (Å²) in [6.45, 7) is 3.79. The first-order valence-electron chi connectivity index (χ1n) is 7.30. The van der Waals surface area contributed by atoms with E-state index in [9.17, 15) is 0 Å². The van der Waals surface area contributed by atoms with Crippen molar-refractivity contribution in [2.45, 2.75) is 38.6 Å². The van der Waals surface area contributed by atoms with Gasteiger partial charge >= 0.3 is 0 Å². The van der Waals surface area contributed by atoms with Gasteiger partial charge in [0.2, 0.25) is 0 Å². The lowest BCUT2D eigenvalue weighted by atomic mass is 10.1. The molecule has 1 aliphatic rings. The summed E-state index contributed by atoms with van der Waals surface area (Å²) in [5.74, 6) is 0.847. The van der Waals surface area contributed by atoms with Crippen LogP contribution in [0.5, 0.6) is 5.75 Å². The molecule has 0 spiro atoms. The van der Waals surface area contributed by atoms with Gasteiger partial charge in [0.25, 0.3) is 0 Å². The van der Waals surface area contributed by atoms with Crippen LogP contribution in [-0.2, 0) is 6.54 Å². The van der Waals surface area contributed by atoms with Gasteiger partial charge in [-0.1, -0.05) is 18.0 Å². The maximum atomic E-state index is 8.50. The van der Waals surface area contributed by atoms with Crippen LogP contribution < -0.4 is 4.74 Å². The Morgan fingerprint density at radius 3 is 2.80 bits per heavy atom. The second kappa shape index (κ2) is 8.14. The van der Waals surface area contributed by atoms with Crippen molar-refractivity contribution in [3.05, 3.63) is 28.8 Å². The molecule has 1 heterocycles. The molecule has 1 aliphatic heterocycles. The van der Waals surface area contributed by atoms with Crippen LogP contribution in [0.15, 0.2) is 18.2 Å². The smallest absolute Gasteiger partial charge is 0.119 e. The van der Waals surface area contributed by atoms with E-state index in [2.05, 4.69) is 11.0 Å². The standard InChI is InChI=1S/C16H21ClN2O/c17-16-7-6-15(20-11-5-2-8-18)12-14(16)13-19-9-3-1-4-10-19/h6-7,12H,1-5,9-11,13H2. The minimum absolute atomic E-state index is 0.536. The van der Waals surface area contributed by atoms with Crippen LogP contribution in [0, 0.1) is 11.3 Å². The molecule has 0 unspecified atom stereocenters. The molecule has 0 bridgehead atoms. The monoisotopic (exact) mass is 292 g/mol. The molecule has 20 heavy (non-hydrogen) atoms. The summed E-state index contributed by atoms with van der Waals surface area (Å²) < 4.78 is 5.66. The summed E-state index contributed by atoms with van der Waals surface area (Å²) in [6, 6.07) is 7.95. The largest absolute Gasteiger partial charge is 0.494 e. The van der Waals surface area contributed by atoms with Gasteiger partial charge in [-0.25, -0.2) is 0 Å². The summed E-state index contributed by atoms with van der Waals surface area (Å²) in [6.07, 6.45) is 5.20. The molecule has 0 amide bonds. The summed E-state index contributed by atoms with van der Waals surface area (Å²) in [5.41, 5.74) is 1.13. The first-order chi connectivity index (χ1) is 9.79. The second-order valence-electron chi connectivity index (χ2n) is 5.20. The highest BCUT2D eigenvalue weighted by molar-refractivity contribution is 6.31. The van der Waals surface area contributed by atoms with Crippen molar-refractivity contribution in [2.24, 2.45) is 0 Å². The van der Waals surface area contributed by atoms with Crippen LogP contribution in [0.4, 0.5) is 0 Å². The molecule has 0 aromatic heterocycles. The van der Waals surface area contributed by atoms with Crippen molar-refractivity contribution < 1.29 is 4.74 Å². The zero-order valence-electron chi connectivity index (χ0n) is 11.8. The third-order valence-electron chi connectivity index (χ3n) is 3.56. The number of rotatable bonds is 6. The molecule has 0 atom stereocenters. The fourth-order valence-corrected chi connectivity index (χ4v) is 2.64. The summed E-state index contributed by atoms with van der Waals surface area (Å²) in [4.78, 5) is 2.45. The molecule has 3 nitrogen and oxygen atoms in total. The van der Waals surface area contributed by atoms with E-state index in [0.29, 0.717) is 13.0 Å². The predicted octanol–water partition coefficient (Wildman–Crippen LogP) is 4.01. The van der Waals surface area contributed by atoms with Crippen molar-refractivity contribution in [2.75, 3.05) is 19.7 Å². The fraction of sp³-hybridized carbons (Fsp3) is 0.562. The number of nitrogens with zero attached hydrogens (tertiary/aromatic N) is 2. The summed E-state index contributed by atoms with van der Waals surface area (Å²) in [7, 11) is 0.